The molecule has 0 aromatic heterocycles. The van der Waals surface area contributed by atoms with Crippen molar-refractivity contribution in [2.75, 3.05) is 7.11 Å². The maximum atomic E-state index is 12.6. The Kier molecular flexibility index (Phi) is 6.80. The van der Waals surface area contributed by atoms with Crippen molar-refractivity contribution < 1.29 is 32.6 Å². The Balaban J connectivity index is 2.12. The van der Waals surface area contributed by atoms with Gasteiger partial charge in [-0.15, -0.1) is 0 Å². The Hall–Kier alpha value is -2.87. The lowest BCUT2D eigenvalue weighted by atomic mass is 10.0. The maximum Gasteiger partial charge on any atom is 0.416 e. The first-order chi connectivity index (χ1) is 13.1. The fourth-order valence-corrected chi connectivity index (χ4v) is 2.67. The third kappa shape index (κ3) is 5.56. The average molecular weight is 395 g/mol. The summed E-state index contributed by atoms with van der Waals surface area (Å²) in [7, 11) is 1.17. The summed E-state index contributed by atoms with van der Waals surface area (Å²) in [5.74, 6) is -1.61. The number of benzene rings is 2. The third-order valence-corrected chi connectivity index (χ3v) is 4.13. The van der Waals surface area contributed by atoms with Gasteiger partial charge in [0.15, 0.2) is 6.10 Å². The molecular formula is C20H20F3NO4. The number of hydrogen-bond acceptors (Lipinski definition) is 4. The molecular weight excluding hydrogens is 375 g/mol. The molecule has 1 amide bonds. The van der Waals surface area contributed by atoms with Crippen LogP contribution >= 0.6 is 0 Å². The van der Waals surface area contributed by atoms with E-state index in [1.165, 1.54) is 7.11 Å². The van der Waals surface area contributed by atoms with Crippen LogP contribution in [-0.4, -0.2) is 30.1 Å². The molecule has 5 nitrogen and oxygen atoms in total. The summed E-state index contributed by atoms with van der Waals surface area (Å²) in [6.07, 6.45) is -6.11. The van der Waals surface area contributed by atoms with Gasteiger partial charge in [0.05, 0.1) is 12.7 Å². The van der Waals surface area contributed by atoms with E-state index in [2.05, 4.69) is 5.32 Å². The second-order valence-corrected chi connectivity index (χ2v) is 6.30. The predicted octanol–water partition coefficient (Wildman–Crippen LogP) is 2.95. The van der Waals surface area contributed by atoms with Crippen molar-refractivity contribution in [3.05, 3.63) is 70.8 Å². The molecule has 0 fully saturated rings. The molecule has 0 saturated heterocycles. The molecule has 8 heteroatoms. The molecule has 0 bridgehead atoms. The molecule has 0 saturated carbocycles. The van der Waals surface area contributed by atoms with Crippen molar-refractivity contribution in [2.45, 2.75) is 31.7 Å². The molecule has 28 heavy (non-hydrogen) atoms. The molecule has 2 atom stereocenters. The van der Waals surface area contributed by atoms with E-state index in [0.717, 1.165) is 35.4 Å². The third-order valence-electron chi connectivity index (χ3n) is 4.13. The summed E-state index contributed by atoms with van der Waals surface area (Å²) in [5, 5.41) is 12.5. The van der Waals surface area contributed by atoms with E-state index >= 15 is 0 Å². The van der Waals surface area contributed by atoms with E-state index in [1.807, 2.05) is 19.1 Å². The Morgan fingerprint density at radius 1 is 1.14 bits per heavy atom. The lowest BCUT2D eigenvalue weighted by Crippen LogP contribution is -2.45. The predicted molar refractivity (Wildman–Crippen MR) is 95.2 cm³/mol. The van der Waals surface area contributed by atoms with Crippen LogP contribution in [0.25, 0.3) is 0 Å². The van der Waals surface area contributed by atoms with Crippen LogP contribution in [0.1, 0.15) is 28.4 Å². The Bertz CT molecular complexity index is 834. The summed E-state index contributed by atoms with van der Waals surface area (Å²) >= 11 is 0. The number of esters is 1. The number of nitrogens with one attached hydrogen (secondary N) is 1. The van der Waals surface area contributed by atoms with Crippen LogP contribution in [-0.2, 0) is 26.9 Å². The highest BCUT2D eigenvalue weighted by Gasteiger charge is 2.31. The van der Waals surface area contributed by atoms with E-state index in [9.17, 15) is 27.9 Å². The van der Waals surface area contributed by atoms with E-state index in [4.69, 9.17) is 4.74 Å². The zero-order valence-electron chi connectivity index (χ0n) is 15.3. The van der Waals surface area contributed by atoms with Crippen molar-refractivity contribution in [3.63, 3.8) is 0 Å². The van der Waals surface area contributed by atoms with Gasteiger partial charge in [0.25, 0.3) is 5.91 Å². The molecule has 0 radical (unpaired) electrons. The van der Waals surface area contributed by atoms with Crippen LogP contribution in [0, 0.1) is 6.92 Å². The summed E-state index contributed by atoms with van der Waals surface area (Å²) in [5.41, 5.74) is 0.831. The largest absolute Gasteiger partial charge is 0.467 e. The van der Waals surface area contributed by atoms with Gasteiger partial charge in [-0.05, 0) is 30.2 Å². The monoisotopic (exact) mass is 395 g/mol. The van der Waals surface area contributed by atoms with Crippen LogP contribution in [0.3, 0.4) is 0 Å². The van der Waals surface area contributed by atoms with E-state index in [-0.39, 0.29) is 12.0 Å². The smallest absolute Gasteiger partial charge is 0.416 e. The highest BCUT2D eigenvalue weighted by atomic mass is 19.4. The number of alkyl halides is 3. The fourth-order valence-electron chi connectivity index (χ4n) is 2.67. The Morgan fingerprint density at radius 2 is 1.79 bits per heavy atom. The SMILES string of the molecule is COC(=O)[C@H](Cc1cccc(C)c1)NC(=O)[C@@H](O)c1ccc(C(F)(F)F)cc1. The molecule has 0 heterocycles. The summed E-state index contributed by atoms with van der Waals surface area (Å²) in [6, 6.07) is 9.83. The number of aliphatic hydroxyl groups excluding tert-OH is 1. The van der Waals surface area contributed by atoms with Gasteiger partial charge < -0.3 is 15.2 Å². The molecule has 150 valence electrons. The number of rotatable bonds is 6. The van der Waals surface area contributed by atoms with Gasteiger partial charge in [0, 0.05) is 6.42 Å². The summed E-state index contributed by atoms with van der Waals surface area (Å²) in [6.45, 7) is 1.88. The first kappa shape index (κ1) is 21.4. The number of carbonyl (C=O) groups is 2. The topological polar surface area (TPSA) is 75.6 Å². The maximum absolute atomic E-state index is 12.6. The van der Waals surface area contributed by atoms with Gasteiger partial charge in [-0.25, -0.2) is 4.79 Å². The van der Waals surface area contributed by atoms with Gasteiger partial charge in [-0.2, -0.15) is 13.2 Å². The van der Waals surface area contributed by atoms with Crippen LogP contribution in [0.15, 0.2) is 48.5 Å². The molecule has 2 N–H and O–H groups in total. The number of aliphatic hydroxyl groups is 1. The molecule has 0 aliphatic rings. The standard InChI is InChI=1S/C20H20F3NO4/c1-12-4-3-5-13(10-12)11-16(19(27)28-2)24-18(26)17(25)14-6-8-15(9-7-14)20(21,22)23/h3-10,16-17,25H,11H2,1-2H3,(H,24,26)/t16-,17-/m0/s1. The number of aryl methyl sites for hydroxylation is 1. The molecule has 2 rings (SSSR count). The number of carbonyl (C=O) groups excluding carboxylic acids is 2. The number of hydrogen-bond donors (Lipinski definition) is 2. The van der Waals surface area contributed by atoms with Crippen molar-refractivity contribution >= 4 is 11.9 Å². The fraction of sp³-hybridized carbons (Fsp3) is 0.300. The second-order valence-electron chi connectivity index (χ2n) is 6.30. The first-order valence-corrected chi connectivity index (χ1v) is 8.41. The summed E-state index contributed by atoms with van der Waals surface area (Å²) < 4.78 is 42.6. The van der Waals surface area contributed by atoms with Gasteiger partial charge in [0.2, 0.25) is 0 Å². The number of halogens is 3. The average Bonchev–Trinajstić information content (AvgIpc) is 2.65. The summed E-state index contributed by atoms with van der Waals surface area (Å²) in [4.78, 5) is 24.3. The van der Waals surface area contributed by atoms with Crippen molar-refractivity contribution in [3.8, 4) is 0 Å². The van der Waals surface area contributed by atoms with Gasteiger partial charge in [0.1, 0.15) is 6.04 Å². The lowest BCUT2D eigenvalue weighted by Gasteiger charge is -2.19. The minimum Gasteiger partial charge on any atom is -0.467 e. The molecule has 0 spiro atoms. The minimum atomic E-state index is -4.52. The highest BCUT2D eigenvalue weighted by Crippen LogP contribution is 2.30. The van der Waals surface area contributed by atoms with E-state index < -0.39 is 35.8 Å². The van der Waals surface area contributed by atoms with Crippen LogP contribution in [0.5, 0.6) is 0 Å². The van der Waals surface area contributed by atoms with Crippen molar-refractivity contribution in [1.82, 2.24) is 5.32 Å². The van der Waals surface area contributed by atoms with Gasteiger partial charge in [-0.1, -0.05) is 42.0 Å². The lowest BCUT2D eigenvalue weighted by molar-refractivity contribution is -0.146. The van der Waals surface area contributed by atoms with Crippen molar-refractivity contribution in [1.29, 1.82) is 0 Å². The van der Waals surface area contributed by atoms with E-state index in [1.54, 1.807) is 12.1 Å². The van der Waals surface area contributed by atoms with Gasteiger partial charge in [-0.3, -0.25) is 4.79 Å². The highest BCUT2D eigenvalue weighted by molar-refractivity contribution is 5.87. The molecule has 0 aliphatic heterocycles. The molecule has 0 unspecified atom stereocenters. The number of methoxy groups -OCH3 is 1. The van der Waals surface area contributed by atoms with Crippen LogP contribution in [0.4, 0.5) is 13.2 Å². The Labute approximate surface area is 160 Å². The first-order valence-electron chi connectivity index (χ1n) is 8.41. The van der Waals surface area contributed by atoms with Gasteiger partial charge >= 0.3 is 12.1 Å². The Morgan fingerprint density at radius 3 is 2.32 bits per heavy atom. The van der Waals surface area contributed by atoms with Crippen molar-refractivity contribution in [2.24, 2.45) is 0 Å². The number of amides is 1. The van der Waals surface area contributed by atoms with E-state index in [0.29, 0.717) is 0 Å². The zero-order valence-corrected chi connectivity index (χ0v) is 15.3. The second kappa shape index (κ2) is 8.88. The van der Waals surface area contributed by atoms with Crippen LogP contribution < -0.4 is 5.32 Å². The quantitative estimate of drug-likeness (QED) is 0.738. The number of ether oxygens (including phenoxy) is 1. The minimum absolute atomic E-state index is 0.0235. The molecule has 2 aromatic carbocycles. The molecule has 2 aromatic rings. The van der Waals surface area contributed by atoms with Crippen LogP contribution in [0.2, 0.25) is 0 Å². The normalized spacial score (nSPS) is 13.5. The zero-order chi connectivity index (χ0) is 20.9. The molecule has 0 aliphatic carbocycles.